The molecule has 0 bridgehead atoms. The molecule has 1 heterocycles. The summed E-state index contributed by atoms with van der Waals surface area (Å²) < 4.78 is 13.3. The van der Waals surface area contributed by atoms with E-state index in [4.69, 9.17) is 5.11 Å². The maximum Gasteiger partial charge on any atom is 0.303 e. The van der Waals surface area contributed by atoms with Crippen molar-refractivity contribution < 1.29 is 14.3 Å². The van der Waals surface area contributed by atoms with E-state index in [1.807, 2.05) is 11.9 Å². The smallest absolute Gasteiger partial charge is 0.303 e. The molecule has 1 saturated heterocycles. The molecule has 76 valence electrons. The minimum absolute atomic E-state index is 0.0488. The van der Waals surface area contributed by atoms with Crippen molar-refractivity contribution in [2.45, 2.75) is 25.4 Å². The predicted octanol–water partition coefficient (Wildman–Crippen LogP) is 1.14. The van der Waals surface area contributed by atoms with Crippen LogP contribution in [0.25, 0.3) is 0 Å². The first kappa shape index (κ1) is 10.4. The Bertz CT molecular complexity index is 186. The summed E-state index contributed by atoms with van der Waals surface area (Å²) >= 11 is 0. The van der Waals surface area contributed by atoms with Gasteiger partial charge in [-0.2, -0.15) is 0 Å². The van der Waals surface area contributed by atoms with Crippen molar-refractivity contribution in [3.8, 4) is 0 Å². The second kappa shape index (κ2) is 4.56. The van der Waals surface area contributed by atoms with Crippen molar-refractivity contribution in [3.05, 3.63) is 0 Å². The van der Waals surface area contributed by atoms with Gasteiger partial charge in [0.15, 0.2) is 0 Å². The average Bonchev–Trinajstić information content (AvgIpc) is 2.02. The molecule has 0 spiro atoms. The van der Waals surface area contributed by atoms with Gasteiger partial charge in [-0.3, -0.25) is 4.79 Å². The highest BCUT2D eigenvalue weighted by Crippen LogP contribution is 2.23. The fourth-order valence-corrected chi connectivity index (χ4v) is 1.74. The van der Waals surface area contributed by atoms with Gasteiger partial charge in [-0.25, -0.2) is 4.39 Å². The molecule has 1 rings (SSSR count). The van der Waals surface area contributed by atoms with E-state index >= 15 is 0 Å². The van der Waals surface area contributed by atoms with E-state index in [0.717, 1.165) is 13.0 Å². The summed E-state index contributed by atoms with van der Waals surface area (Å²) in [6, 6.07) is 0. The molecule has 0 aromatic heterocycles. The number of halogens is 1. The highest BCUT2D eigenvalue weighted by molar-refractivity contribution is 5.66. The molecule has 0 amide bonds. The van der Waals surface area contributed by atoms with Gasteiger partial charge in [-0.15, -0.1) is 0 Å². The van der Waals surface area contributed by atoms with E-state index in [0.29, 0.717) is 13.0 Å². The van der Waals surface area contributed by atoms with Crippen LogP contribution in [0.1, 0.15) is 19.3 Å². The molecule has 0 aromatic carbocycles. The summed E-state index contributed by atoms with van der Waals surface area (Å²) in [6.07, 6.45) is 0.502. The van der Waals surface area contributed by atoms with E-state index in [2.05, 4.69) is 0 Å². The van der Waals surface area contributed by atoms with Crippen molar-refractivity contribution in [1.82, 2.24) is 4.90 Å². The van der Waals surface area contributed by atoms with Crippen molar-refractivity contribution in [2.24, 2.45) is 5.92 Å². The van der Waals surface area contributed by atoms with Crippen LogP contribution in [0.3, 0.4) is 0 Å². The number of aliphatic carboxylic acids is 1. The Hall–Kier alpha value is -0.640. The SMILES string of the molecule is CN1CC[C@@H](CCC(=O)O)[C@H](F)C1. The largest absolute Gasteiger partial charge is 0.481 e. The van der Waals surface area contributed by atoms with Gasteiger partial charge in [0.2, 0.25) is 0 Å². The molecule has 0 saturated carbocycles. The quantitative estimate of drug-likeness (QED) is 0.723. The number of nitrogens with zero attached hydrogens (tertiary/aromatic N) is 1. The van der Waals surface area contributed by atoms with E-state index in [9.17, 15) is 9.18 Å². The number of hydrogen-bond acceptors (Lipinski definition) is 2. The maximum absolute atomic E-state index is 13.3. The van der Waals surface area contributed by atoms with Gasteiger partial charge in [-0.1, -0.05) is 0 Å². The van der Waals surface area contributed by atoms with Crippen molar-refractivity contribution in [1.29, 1.82) is 0 Å². The molecule has 2 atom stereocenters. The molecule has 1 aliphatic rings. The molecule has 0 aromatic rings. The van der Waals surface area contributed by atoms with Crippen LogP contribution < -0.4 is 0 Å². The van der Waals surface area contributed by atoms with Gasteiger partial charge in [-0.05, 0) is 32.4 Å². The van der Waals surface area contributed by atoms with Crippen LogP contribution in [0.5, 0.6) is 0 Å². The number of carboxylic acids is 1. The Morgan fingerprint density at radius 3 is 2.92 bits per heavy atom. The zero-order valence-corrected chi connectivity index (χ0v) is 7.87. The maximum atomic E-state index is 13.3. The number of rotatable bonds is 3. The fraction of sp³-hybridized carbons (Fsp3) is 0.889. The number of carboxylic acid groups (broad SMARTS) is 1. The molecular weight excluding hydrogens is 173 g/mol. The lowest BCUT2D eigenvalue weighted by atomic mass is 9.91. The van der Waals surface area contributed by atoms with Crippen molar-refractivity contribution in [2.75, 3.05) is 20.1 Å². The lowest BCUT2D eigenvalue weighted by Crippen LogP contribution is -2.39. The predicted molar refractivity (Wildman–Crippen MR) is 47.4 cm³/mol. The van der Waals surface area contributed by atoms with Crippen molar-refractivity contribution >= 4 is 5.97 Å². The molecule has 4 heteroatoms. The highest BCUT2D eigenvalue weighted by Gasteiger charge is 2.27. The summed E-state index contributed by atoms with van der Waals surface area (Å²) in [4.78, 5) is 12.2. The van der Waals surface area contributed by atoms with Crippen LogP contribution in [-0.4, -0.2) is 42.3 Å². The minimum Gasteiger partial charge on any atom is -0.481 e. The summed E-state index contributed by atoms with van der Waals surface area (Å²) in [7, 11) is 1.89. The molecule has 1 N–H and O–H groups in total. The summed E-state index contributed by atoms with van der Waals surface area (Å²) in [5.74, 6) is -0.876. The first-order valence-electron chi connectivity index (χ1n) is 4.64. The van der Waals surface area contributed by atoms with Crippen LogP contribution in [0.15, 0.2) is 0 Å². The van der Waals surface area contributed by atoms with E-state index in [1.165, 1.54) is 0 Å². The van der Waals surface area contributed by atoms with E-state index in [-0.39, 0.29) is 12.3 Å². The van der Waals surface area contributed by atoms with Gasteiger partial charge in [0, 0.05) is 13.0 Å². The van der Waals surface area contributed by atoms with Crippen LogP contribution in [-0.2, 0) is 4.79 Å². The van der Waals surface area contributed by atoms with Gasteiger partial charge in [0.25, 0.3) is 0 Å². The molecule has 13 heavy (non-hydrogen) atoms. The molecule has 1 fully saturated rings. The lowest BCUT2D eigenvalue weighted by molar-refractivity contribution is -0.137. The Morgan fingerprint density at radius 2 is 2.38 bits per heavy atom. The molecule has 3 nitrogen and oxygen atoms in total. The monoisotopic (exact) mass is 189 g/mol. The average molecular weight is 189 g/mol. The summed E-state index contributed by atoms with van der Waals surface area (Å²) in [5, 5.41) is 8.45. The Kier molecular flexibility index (Phi) is 3.66. The number of piperidine rings is 1. The lowest BCUT2D eigenvalue weighted by Gasteiger charge is -2.31. The van der Waals surface area contributed by atoms with Crippen LogP contribution in [0, 0.1) is 5.92 Å². The third-order valence-electron chi connectivity index (χ3n) is 2.61. The summed E-state index contributed by atoms with van der Waals surface area (Å²) in [5.41, 5.74) is 0. The second-order valence-electron chi connectivity index (χ2n) is 3.76. The van der Waals surface area contributed by atoms with Crippen LogP contribution in [0.4, 0.5) is 4.39 Å². The zero-order valence-electron chi connectivity index (χ0n) is 7.87. The minimum atomic E-state index is -0.849. The number of likely N-dealkylation sites (tertiary alicyclic amines) is 1. The molecular formula is C9H16FNO2. The highest BCUT2D eigenvalue weighted by atomic mass is 19.1. The van der Waals surface area contributed by atoms with Gasteiger partial charge in [0.1, 0.15) is 6.17 Å². The van der Waals surface area contributed by atoms with Gasteiger partial charge < -0.3 is 10.0 Å². The fourth-order valence-electron chi connectivity index (χ4n) is 1.74. The number of hydrogen-bond donors (Lipinski definition) is 1. The number of alkyl halides is 1. The Labute approximate surface area is 77.5 Å². The molecule has 0 radical (unpaired) electrons. The van der Waals surface area contributed by atoms with Crippen LogP contribution >= 0.6 is 0 Å². The van der Waals surface area contributed by atoms with E-state index in [1.54, 1.807) is 0 Å². The zero-order chi connectivity index (χ0) is 9.84. The molecule has 1 aliphatic heterocycles. The van der Waals surface area contributed by atoms with Gasteiger partial charge >= 0.3 is 5.97 Å². The molecule has 0 unspecified atom stereocenters. The first-order valence-corrected chi connectivity index (χ1v) is 4.64. The standard InChI is InChI=1S/C9H16FNO2/c1-11-5-4-7(8(10)6-11)2-3-9(12)13/h7-8H,2-6H2,1H3,(H,12,13)/t7-,8-/m1/s1. The van der Waals surface area contributed by atoms with Crippen LogP contribution in [0.2, 0.25) is 0 Å². The van der Waals surface area contributed by atoms with Gasteiger partial charge in [0.05, 0.1) is 0 Å². The number of carbonyl (C=O) groups is 1. The second-order valence-corrected chi connectivity index (χ2v) is 3.76. The molecule has 0 aliphatic carbocycles. The third kappa shape index (κ3) is 3.30. The third-order valence-corrected chi connectivity index (χ3v) is 2.61. The topological polar surface area (TPSA) is 40.5 Å². The van der Waals surface area contributed by atoms with E-state index < -0.39 is 12.1 Å². The normalized spacial score (nSPS) is 30.3. The Morgan fingerprint density at radius 1 is 1.69 bits per heavy atom. The summed E-state index contributed by atoms with van der Waals surface area (Å²) in [6.45, 7) is 1.33. The first-order chi connectivity index (χ1) is 6.09. The Balaban J connectivity index is 2.29. The van der Waals surface area contributed by atoms with Crippen molar-refractivity contribution in [3.63, 3.8) is 0 Å².